The van der Waals surface area contributed by atoms with Gasteiger partial charge in [0.2, 0.25) is 10.0 Å². The van der Waals surface area contributed by atoms with E-state index in [4.69, 9.17) is 4.74 Å². The maximum absolute atomic E-state index is 13.1. The molecule has 1 amide bonds. The summed E-state index contributed by atoms with van der Waals surface area (Å²) in [5.41, 5.74) is 4.08. The van der Waals surface area contributed by atoms with Gasteiger partial charge in [0.25, 0.3) is 5.91 Å². The van der Waals surface area contributed by atoms with Crippen molar-refractivity contribution in [1.82, 2.24) is 4.31 Å². The maximum Gasteiger partial charge on any atom is 0.255 e. The molecule has 0 unspecified atom stereocenters. The van der Waals surface area contributed by atoms with Crippen molar-refractivity contribution in [3.63, 3.8) is 0 Å². The Balaban J connectivity index is 1.97. The highest BCUT2D eigenvalue weighted by atomic mass is 32.2. The van der Waals surface area contributed by atoms with Gasteiger partial charge in [-0.05, 0) is 69.9 Å². The van der Waals surface area contributed by atoms with E-state index in [2.05, 4.69) is 5.32 Å². The summed E-state index contributed by atoms with van der Waals surface area (Å²) in [6, 6.07) is 8.60. The zero-order valence-corrected chi connectivity index (χ0v) is 18.2. The Morgan fingerprint density at radius 1 is 1.07 bits per heavy atom. The Morgan fingerprint density at radius 2 is 1.69 bits per heavy atom. The molecule has 1 N–H and O–H groups in total. The molecule has 2 aromatic carbocycles. The number of carbonyl (C=O) groups excluding carboxylic acids is 1. The number of ether oxygens (including phenoxy) is 1. The van der Waals surface area contributed by atoms with E-state index in [0.717, 1.165) is 35.2 Å². The van der Waals surface area contributed by atoms with Crippen LogP contribution >= 0.6 is 0 Å². The van der Waals surface area contributed by atoms with Crippen LogP contribution in [0.15, 0.2) is 35.2 Å². The van der Waals surface area contributed by atoms with Crippen molar-refractivity contribution in [2.24, 2.45) is 0 Å². The van der Waals surface area contributed by atoms with E-state index in [0.29, 0.717) is 19.7 Å². The molecule has 6 nitrogen and oxygen atoms in total. The van der Waals surface area contributed by atoms with Crippen LogP contribution in [0.25, 0.3) is 0 Å². The van der Waals surface area contributed by atoms with E-state index in [1.807, 2.05) is 32.9 Å². The topological polar surface area (TPSA) is 75.7 Å². The Hall–Kier alpha value is -2.38. The molecule has 29 heavy (non-hydrogen) atoms. The number of benzene rings is 2. The molecule has 1 saturated heterocycles. The van der Waals surface area contributed by atoms with E-state index in [9.17, 15) is 13.2 Å². The highest BCUT2D eigenvalue weighted by Crippen LogP contribution is 2.31. The monoisotopic (exact) mass is 416 g/mol. The average Bonchev–Trinajstić information content (AvgIpc) is 3.20. The minimum absolute atomic E-state index is 0.0475. The summed E-state index contributed by atoms with van der Waals surface area (Å²) in [7, 11) is -3.71. The number of hydrogen-bond donors (Lipinski definition) is 1. The molecule has 3 rings (SSSR count). The molecule has 2 aromatic rings. The Kier molecular flexibility index (Phi) is 6.29. The number of nitrogens with zero attached hydrogens (tertiary/aromatic N) is 1. The largest absolute Gasteiger partial charge is 0.492 e. The fraction of sp³-hybridized carbons (Fsp3) is 0.409. The van der Waals surface area contributed by atoms with Crippen molar-refractivity contribution in [1.29, 1.82) is 0 Å². The second-order valence-corrected chi connectivity index (χ2v) is 9.34. The summed E-state index contributed by atoms with van der Waals surface area (Å²) < 4.78 is 33.3. The van der Waals surface area contributed by atoms with Gasteiger partial charge >= 0.3 is 0 Å². The first-order valence-corrected chi connectivity index (χ1v) is 11.3. The van der Waals surface area contributed by atoms with E-state index >= 15 is 0 Å². The first kappa shape index (κ1) is 21.3. The van der Waals surface area contributed by atoms with Crippen LogP contribution in [-0.4, -0.2) is 38.3 Å². The average molecular weight is 417 g/mol. The van der Waals surface area contributed by atoms with E-state index in [1.165, 1.54) is 10.4 Å². The lowest BCUT2D eigenvalue weighted by atomic mass is 10.0. The van der Waals surface area contributed by atoms with Crippen LogP contribution in [0.3, 0.4) is 0 Å². The standard InChI is InChI=1S/C22H28N2O4S/c1-5-28-19-9-8-18(14-20(19)29(26,27)24-10-6-7-11-24)22(25)23-21-16(3)12-15(2)13-17(21)4/h8-9,12-14H,5-7,10-11H2,1-4H3,(H,23,25). The fourth-order valence-electron chi connectivity index (χ4n) is 3.76. The van der Waals surface area contributed by atoms with Crippen LogP contribution < -0.4 is 10.1 Å². The van der Waals surface area contributed by atoms with Gasteiger partial charge in [-0.25, -0.2) is 8.42 Å². The van der Waals surface area contributed by atoms with E-state index in [-0.39, 0.29) is 22.1 Å². The van der Waals surface area contributed by atoms with Crippen LogP contribution in [0.1, 0.15) is 46.8 Å². The third kappa shape index (κ3) is 4.46. The van der Waals surface area contributed by atoms with Crippen molar-refractivity contribution < 1.29 is 17.9 Å². The molecule has 0 radical (unpaired) electrons. The van der Waals surface area contributed by atoms with Gasteiger partial charge in [-0.15, -0.1) is 0 Å². The van der Waals surface area contributed by atoms with Gasteiger partial charge in [-0.2, -0.15) is 4.31 Å². The molecule has 0 aromatic heterocycles. The molecule has 1 aliphatic heterocycles. The van der Waals surface area contributed by atoms with Gasteiger partial charge < -0.3 is 10.1 Å². The first-order valence-electron chi connectivity index (χ1n) is 9.90. The summed E-state index contributed by atoms with van der Waals surface area (Å²) in [4.78, 5) is 13.0. The van der Waals surface area contributed by atoms with Crippen molar-refractivity contribution in [2.75, 3.05) is 25.0 Å². The smallest absolute Gasteiger partial charge is 0.255 e. The fourth-order valence-corrected chi connectivity index (χ4v) is 5.43. The summed E-state index contributed by atoms with van der Waals surface area (Å²) in [6.07, 6.45) is 1.69. The maximum atomic E-state index is 13.1. The number of hydrogen-bond acceptors (Lipinski definition) is 4. The highest BCUT2D eigenvalue weighted by molar-refractivity contribution is 7.89. The quantitative estimate of drug-likeness (QED) is 0.771. The zero-order chi connectivity index (χ0) is 21.2. The van der Waals surface area contributed by atoms with Crippen molar-refractivity contribution in [3.05, 3.63) is 52.6 Å². The predicted octanol–water partition coefficient (Wildman–Crippen LogP) is 4.05. The number of carbonyl (C=O) groups is 1. The van der Waals surface area contributed by atoms with Gasteiger partial charge in [0.15, 0.2) is 0 Å². The molecule has 1 heterocycles. The minimum Gasteiger partial charge on any atom is -0.492 e. The second kappa shape index (κ2) is 8.55. The van der Waals surface area contributed by atoms with E-state index in [1.54, 1.807) is 19.1 Å². The van der Waals surface area contributed by atoms with Crippen LogP contribution in [0.4, 0.5) is 5.69 Å². The third-order valence-electron chi connectivity index (χ3n) is 5.10. The van der Waals surface area contributed by atoms with Gasteiger partial charge in [-0.3, -0.25) is 4.79 Å². The molecular weight excluding hydrogens is 388 g/mol. The molecule has 7 heteroatoms. The number of amides is 1. The van der Waals surface area contributed by atoms with Crippen molar-refractivity contribution >= 4 is 21.6 Å². The van der Waals surface area contributed by atoms with Crippen LogP contribution in [0.2, 0.25) is 0 Å². The van der Waals surface area contributed by atoms with E-state index < -0.39 is 10.0 Å². The Morgan fingerprint density at radius 3 is 2.28 bits per heavy atom. The number of anilines is 1. The molecular formula is C22H28N2O4S. The molecule has 1 aliphatic rings. The van der Waals surface area contributed by atoms with Gasteiger partial charge in [-0.1, -0.05) is 17.7 Å². The normalized spacial score (nSPS) is 14.8. The molecule has 156 valence electrons. The molecule has 0 atom stereocenters. The lowest BCUT2D eigenvalue weighted by Crippen LogP contribution is -2.28. The number of rotatable bonds is 6. The lowest BCUT2D eigenvalue weighted by Gasteiger charge is -2.19. The van der Waals surface area contributed by atoms with Crippen LogP contribution in [0, 0.1) is 20.8 Å². The summed E-state index contributed by atoms with van der Waals surface area (Å²) in [5, 5.41) is 2.93. The second-order valence-electron chi connectivity index (χ2n) is 7.43. The third-order valence-corrected chi connectivity index (χ3v) is 7.02. The van der Waals surface area contributed by atoms with Crippen molar-refractivity contribution in [3.8, 4) is 5.75 Å². The SMILES string of the molecule is CCOc1ccc(C(=O)Nc2c(C)cc(C)cc2C)cc1S(=O)(=O)N1CCCC1. The minimum atomic E-state index is -3.71. The Bertz CT molecular complexity index is 1000. The summed E-state index contributed by atoms with van der Waals surface area (Å²) in [5.74, 6) is -0.0698. The van der Waals surface area contributed by atoms with Crippen LogP contribution in [0.5, 0.6) is 5.75 Å². The molecule has 0 bridgehead atoms. The number of nitrogens with one attached hydrogen (secondary N) is 1. The van der Waals surface area contributed by atoms with Gasteiger partial charge in [0.1, 0.15) is 10.6 Å². The molecule has 1 fully saturated rings. The van der Waals surface area contributed by atoms with Gasteiger partial charge in [0.05, 0.1) is 6.61 Å². The predicted molar refractivity (Wildman–Crippen MR) is 114 cm³/mol. The zero-order valence-electron chi connectivity index (χ0n) is 17.4. The first-order chi connectivity index (χ1) is 13.7. The molecule has 0 saturated carbocycles. The van der Waals surface area contributed by atoms with Crippen LogP contribution in [-0.2, 0) is 10.0 Å². The highest BCUT2D eigenvalue weighted by Gasteiger charge is 2.31. The number of aryl methyl sites for hydroxylation is 3. The summed E-state index contributed by atoms with van der Waals surface area (Å²) in [6.45, 7) is 9.02. The number of sulfonamides is 1. The Labute approximate surface area is 172 Å². The molecule has 0 aliphatic carbocycles. The lowest BCUT2D eigenvalue weighted by molar-refractivity contribution is 0.102. The summed E-state index contributed by atoms with van der Waals surface area (Å²) >= 11 is 0. The van der Waals surface area contributed by atoms with Crippen molar-refractivity contribution in [2.45, 2.75) is 45.4 Å². The van der Waals surface area contributed by atoms with Gasteiger partial charge in [0, 0.05) is 24.3 Å². The molecule has 0 spiro atoms.